The van der Waals surface area contributed by atoms with Gasteiger partial charge in [0.1, 0.15) is 0 Å². The number of benzene rings is 1. The van der Waals surface area contributed by atoms with E-state index in [0.29, 0.717) is 0 Å². The summed E-state index contributed by atoms with van der Waals surface area (Å²) in [4.78, 5) is 0. The lowest BCUT2D eigenvalue weighted by molar-refractivity contribution is 0.456. The second-order valence-electron chi connectivity index (χ2n) is 4.42. The fourth-order valence-electron chi connectivity index (χ4n) is 1.99. The first kappa shape index (κ1) is 14.0. The van der Waals surface area contributed by atoms with Crippen molar-refractivity contribution in [3.63, 3.8) is 0 Å². The van der Waals surface area contributed by atoms with E-state index in [1.54, 1.807) is 0 Å². The van der Waals surface area contributed by atoms with Gasteiger partial charge in [0, 0.05) is 0 Å². The van der Waals surface area contributed by atoms with Crippen molar-refractivity contribution in [2.24, 2.45) is 0 Å². The lowest BCUT2D eigenvalue weighted by Crippen LogP contribution is -2.33. The van der Waals surface area contributed by atoms with Crippen LogP contribution in [0.25, 0.3) is 0 Å². The average molecular weight is 248 g/mol. The molecule has 1 aromatic carbocycles. The van der Waals surface area contributed by atoms with Crippen LogP contribution in [0.15, 0.2) is 42.7 Å². The van der Waals surface area contributed by atoms with Gasteiger partial charge in [-0.3, -0.25) is 0 Å². The van der Waals surface area contributed by atoms with E-state index in [9.17, 15) is 0 Å². The van der Waals surface area contributed by atoms with Crippen LogP contribution in [0.2, 0.25) is 18.1 Å². The molecule has 0 N–H and O–H groups in total. The molecular formula is C15H24OSi. The quantitative estimate of drug-likeness (QED) is 0.499. The van der Waals surface area contributed by atoms with Crippen LogP contribution >= 0.6 is 0 Å². The number of allylic oxidation sites excluding steroid dienone is 1. The Balaban J connectivity index is 2.44. The molecule has 0 radical (unpaired) electrons. The van der Waals surface area contributed by atoms with Gasteiger partial charge in [-0.15, -0.1) is 0 Å². The van der Waals surface area contributed by atoms with E-state index in [0.717, 1.165) is 6.42 Å². The van der Waals surface area contributed by atoms with Gasteiger partial charge < -0.3 is 4.43 Å². The molecule has 0 aromatic heterocycles. The van der Waals surface area contributed by atoms with Crippen LogP contribution in [0.3, 0.4) is 0 Å². The summed E-state index contributed by atoms with van der Waals surface area (Å²) in [6.07, 6.45) is 5.04. The van der Waals surface area contributed by atoms with E-state index in [-0.39, 0.29) is 0 Å². The minimum absolute atomic E-state index is 0.961. The maximum absolute atomic E-state index is 6.06. The molecular weight excluding hydrogens is 224 g/mol. The zero-order valence-electron chi connectivity index (χ0n) is 11.3. The summed E-state index contributed by atoms with van der Waals surface area (Å²) in [6, 6.07) is 14.1. The second-order valence-corrected chi connectivity index (χ2v) is 9.15. The summed E-state index contributed by atoms with van der Waals surface area (Å²) >= 11 is 0. The average Bonchev–Trinajstić information content (AvgIpc) is 2.41. The second kappa shape index (κ2) is 7.33. The molecule has 1 aromatic rings. The van der Waals surface area contributed by atoms with E-state index >= 15 is 0 Å². The van der Waals surface area contributed by atoms with Crippen molar-refractivity contribution in [2.75, 3.05) is 0 Å². The third-order valence-corrected chi connectivity index (χ3v) is 8.05. The summed E-state index contributed by atoms with van der Waals surface area (Å²) in [5.74, 6) is 0. The molecule has 0 heterocycles. The van der Waals surface area contributed by atoms with Gasteiger partial charge in [-0.1, -0.05) is 51.1 Å². The summed E-state index contributed by atoms with van der Waals surface area (Å²) in [5.41, 5.74) is 1.34. The van der Waals surface area contributed by atoms with Gasteiger partial charge in [0.15, 0.2) is 0 Å². The predicted molar refractivity (Wildman–Crippen MR) is 77.6 cm³/mol. The molecule has 0 saturated heterocycles. The Kier molecular flexibility index (Phi) is 6.05. The van der Waals surface area contributed by atoms with Crippen LogP contribution in [0, 0.1) is 0 Å². The van der Waals surface area contributed by atoms with Crippen LogP contribution in [0.1, 0.15) is 26.3 Å². The Labute approximate surface area is 107 Å². The maximum atomic E-state index is 6.06. The minimum atomic E-state index is -1.44. The minimum Gasteiger partial charge on any atom is -0.549 e. The third-order valence-electron chi connectivity index (χ3n) is 3.54. The highest BCUT2D eigenvalue weighted by molar-refractivity contribution is 6.73. The monoisotopic (exact) mass is 248 g/mol. The van der Waals surface area contributed by atoms with Gasteiger partial charge in [-0.25, -0.2) is 0 Å². The van der Waals surface area contributed by atoms with Crippen LogP contribution in [-0.2, 0) is 10.8 Å². The molecule has 0 fully saturated rings. The smallest absolute Gasteiger partial charge is 0.249 e. The van der Waals surface area contributed by atoms with Gasteiger partial charge in [0.2, 0.25) is 8.32 Å². The Bertz CT molecular complexity index is 320. The van der Waals surface area contributed by atoms with E-state index in [4.69, 9.17) is 4.43 Å². The molecule has 0 bridgehead atoms. The molecule has 0 unspecified atom stereocenters. The highest BCUT2D eigenvalue weighted by Crippen LogP contribution is 2.21. The Hall–Kier alpha value is -1.02. The molecule has 2 heteroatoms. The highest BCUT2D eigenvalue weighted by atomic mass is 28.4. The van der Waals surface area contributed by atoms with Gasteiger partial charge in [-0.05, 0) is 36.2 Å². The molecule has 0 spiro atoms. The standard InChI is InChI=1S/C15H24OSi/c1-4-17(5-2,6-3)16-14-10-13-15-11-8-7-9-12-15/h7-12,14H,4-6,13H2,1-3H3. The van der Waals surface area contributed by atoms with E-state index in [2.05, 4.69) is 51.1 Å². The lowest BCUT2D eigenvalue weighted by Gasteiger charge is -2.26. The fourth-order valence-corrected chi connectivity index (χ4v) is 4.38. The van der Waals surface area contributed by atoms with Gasteiger partial charge in [0.25, 0.3) is 0 Å². The summed E-state index contributed by atoms with van der Waals surface area (Å²) < 4.78 is 6.06. The summed E-state index contributed by atoms with van der Waals surface area (Å²) in [5, 5.41) is 0. The van der Waals surface area contributed by atoms with E-state index in [1.807, 2.05) is 12.3 Å². The zero-order chi connectivity index (χ0) is 12.6. The molecule has 0 aliphatic rings. The first-order valence-corrected chi connectivity index (χ1v) is 9.16. The van der Waals surface area contributed by atoms with E-state index in [1.165, 1.54) is 23.7 Å². The van der Waals surface area contributed by atoms with Crippen molar-refractivity contribution in [1.82, 2.24) is 0 Å². The molecule has 1 rings (SSSR count). The Morgan fingerprint density at radius 1 is 1.00 bits per heavy atom. The molecule has 0 amide bonds. The van der Waals surface area contributed by atoms with Crippen molar-refractivity contribution in [1.29, 1.82) is 0 Å². The Morgan fingerprint density at radius 3 is 2.12 bits per heavy atom. The Morgan fingerprint density at radius 2 is 1.59 bits per heavy atom. The van der Waals surface area contributed by atoms with Gasteiger partial charge in [0.05, 0.1) is 6.26 Å². The SMILES string of the molecule is CC[Si](CC)(CC)OC=CCc1ccccc1. The molecule has 0 saturated carbocycles. The van der Waals surface area contributed by atoms with Crippen molar-refractivity contribution in [3.8, 4) is 0 Å². The van der Waals surface area contributed by atoms with Crippen LogP contribution in [0.5, 0.6) is 0 Å². The molecule has 0 atom stereocenters. The number of hydrogen-bond donors (Lipinski definition) is 0. The van der Waals surface area contributed by atoms with Crippen molar-refractivity contribution < 1.29 is 4.43 Å². The first-order valence-electron chi connectivity index (χ1n) is 6.63. The van der Waals surface area contributed by atoms with Gasteiger partial charge >= 0.3 is 0 Å². The molecule has 94 valence electrons. The number of hydrogen-bond acceptors (Lipinski definition) is 1. The molecule has 0 aliphatic heterocycles. The maximum Gasteiger partial charge on any atom is 0.249 e. The van der Waals surface area contributed by atoms with Crippen LogP contribution in [-0.4, -0.2) is 8.32 Å². The largest absolute Gasteiger partial charge is 0.549 e. The van der Waals surface area contributed by atoms with Crippen LogP contribution in [0.4, 0.5) is 0 Å². The van der Waals surface area contributed by atoms with Crippen LogP contribution < -0.4 is 0 Å². The predicted octanol–water partition coefficient (Wildman–Crippen LogP) is 4.76. The first-order chi connectivity index (χ1) is 8.26. The van der Waals surface area contributed by atoms with Crippen molar-refractivity contribution in [2.45, 2.75) is 45.3 Å². The third kappa shape index (κ3) is 4.39. The molecule has 1 nitrogen and oxygen atoms in total. The molecule has 17 heavy (non-hydrogen) atoms. The lowest BCUT2D eigenvalue weighted by atomic mass is 10.2. The molecule has 0 aliphatic carbocycles. The summed E-state index contributed by atoms with van der Waals surface area (Å²) in [6.45, 7) is 6.76. The van der Waals surface area contributed by atoms with Crippen molar-refractivity contribution >= 4 is 8.32 Å². The fraction of sp³-hybridized carbons (Fsp3) is 0.467. The number of rotatable bonds is 7. The normalized spacial score (nSPS) is 11.9. The zero-order valence-corrected chi connectivity index (χ0v) is 12.3. The van der Waals surface area contributed by atoms with Gasteiger partial charge in [-0.2, -0.15) is 0 Å². The highest BCUT2D eigenvalue weighted by Gasteiger charge is 2.28. The van der Waals surface area contributed by atoms with Crippen molar-refractivity contribution in [3.05, 3.63) is 48.2 Å². The van der Waals surface area contributed by atoms with E-state index < -0.39 is 8.32 Å². The topological polar surface area (TPSA) is 9.23 Å². The summed E-state index contributed by atoms with van der Waals surface area (Å²) in [7, 11) is -1.44.